The Balaban J connectivity index is 1.56. The van der Waals surface area contributed by atoms with E-state index >= 15 is 0 Å². The summed E-state index contributed by atoms with van der Waals surface area (Å²) in [6.07, 6.45) is 6.93. The van der Waals surface area contributed by atoms with Gasteiger partial charge in [-0.1, -0.05) is 51.4 Å². The highest BCUT2D eigenvalue weighted by atomic mass is 32.1. The van der Waals surface area contributed by atoms with E-state index in [1.54, 1.807) is 0 Å². The van der Waals surface area contributed by atoms with E-state index in [-0.39, 0.29) is 23.1 Å². The van der Waals surface area contributed by atoms with Gasteiger partial charge in [0.2, 0.25) is 16.9 Å². The first-order valence-electron chi connectivity index (χ1n) is 9.24. The zero-order valence-electron chi connectivity index (χ0n) is 15.4. The molecule has 25 heavy (non-hydrogen) atoms. The van der Waals surface area contributed by atoms with Crippen LogP contribution in [0.3, 0.4) is 0 Å². The zero-order valence-corrected chi connectivity index (χ0v) is 16.2. The van der Waals surface area contributed by atoms with E-state index < -0.39 is 0 Å². The smallest absolute Gasteiger partial charge is 0.231 e. The van der Waals surface area contributed by atoms with Gasteiger partial charge in [-0.3, -0.25) is 9.59 Å². The van der Waals surface area contributed by atoms with Gasteiger partial charge in [-0.25, -0.2) is 0 Å². The Kier molecular flexibility index (Phi) is 5.41. The van der Waals surface area contributed by atoms with Crippen LogP contribution in [0.5, 0.6) is 0 Å². The van der Waals surface area contributed by atoms with Gasteiger partial charge in [0.25, 0.3) is 0 Å². The van der Waals surface area contributed by atoms with E-state index in [1.165, 1.54) is 30.6 Å². The van der Waals surface area contributed by atoms with Crippen LogP contribution in [0.15, 0.2) is 0 Å². The standard InChI is InChI=1S/C18H28N4O2S/c1-18(2,3)10-14-20-21-17(25-14)19-16(24)12-9-15(23)22(11-12)13-7-5-4-6-8-13/h12-13H,4-11H2,1-3H3,(H,19,21,24). The van der Waals surface area contributed by atoms with Crippen LogP contribution < -0.4 is 5.32 Å². The SMILES string of the molecule is CC(C)(C)Cc1nnc(NC(=O)C2CC(=O)N(C3CCCCC3)C2)s1. The van der Waals surface area contributed by atoms with Crippen LogP contribution in [0.25, 0.3) is 0 Å². The van der Waals surface area contributed by atoms with Crippen molar-refractivity contribution in [3.63, 3.8) is 0 Å². The van der Waals surface area contributed by atoms with Gasteiger partial charge >= 0.3 is 0 Å². The average molecular weight is 365 g/mol. The van der Waals surface area contributed by atoms with Crippen molar-refractivity contribution in [3.05, 3.63) is 5.01 Å². The predicted molar refractivity (Wildman–Crippen MR) is 98.4 cm³/mol. The molecule has 3 rings (SSSR count). The summed E-state index contributed by atoms with van der Waals surface area (Å²) in [7, 11) is 0. The minimum Gasteiger partial charge on any atom is -0.339 e. The summed E-state index contributed by atoms with van der Waals surface area (Å²) in [5.41, 5.74) is 0.138. The molecule has 2 aliphatic rings. The molecule has 1 N–H and O–H groups in total. The fraction of sp³-hybridized carbons (Fsp3) is 0.778. The van der Waals surface area contributed by atoms with Gasteiger partial charge in [-0.15, -0.1) is 10.2 Å². The molecule has 2 heterocycles. The van der Waals surface area contributed by atoms with Crippen molar-refractivity contribution in [2.75, 3.05) is 11.9 Å². The molecule has 1 aromatic heterocycles. The summed E-state index contributed by atoms with van der Waals surface area (Å²) in [6, 6.07) is 0.332. The number of carbonyl (C=O) groups is 2. The highest BCUT2D eigenvalue weighted by molar-refractivity contribution is 7.15. The molecule has 1 aliphatic heterocycles. The van der Waals surface area contributed by atoms with Gasteiger partial charge in [0, 0.05) is 25.4 Å². The Bertz CT molecular complexity index is 631. The van der Waals surface area contributed by atoms with Crippen molar-refractivity contribution in [1.29, 1.82) is 0 Å². The molecule has 1 aliphatic carbocycles. The fourth-order valence-corrected chi connectivity index (χ4v) is 4.73. The lowest BCUT2D eigenvalue weighted by molar-refractivity contribution is -0.130. The van der Waals surface area contributed by atoms with E-state index in [9.17, 15) is 9.59 Å². The molecule has 0 radical (unpaired) electrons. The van der Waals surface area contributed by atoms with Crippen LogP contribution in [0, 0.1) is 11.3 Å². The largest absolute Gasteiger partial charge is 0.339 e. The third kappa shape index (κ3) is 4.77. The molecule has 138 valence electrons. The third-order valence-corrected chi connectivity index (χ3v) is 5.76. The first-order chi connectivity index (χ1) is 11.8. The van der Waals surface area contributed by atoms with E-state index in [2.05, 4.69) is 36.3 Å². The fourth-order valence-electron chi connectivity index (χ4n) is 3.69. The molecule has 0 bridgehead atoms. The van der Waals surface area contributed by atoms with Gasteiger partial charge in [0.15, 0.2) is 0 Å². The van der Waals surface area contributed by atoms with Crippen LogP contribution in [0.4, 0.5) is 5.13 Å². The maximum absolute atomic E-state index is 12.5. The lowest BCUT2D eigenvalue weighted by Gasteiger charge is -2.31. The molecule has 1 atom stereocenters. The number of hydrogen-bond donors (Lipinski definition) is 1. The monoisotopic (exact) mass is 364 g/mol. The van der Waals surface area contributed by atoms with Gasteiger partial charge in [-0.05, 0) is 18.3 Å². The second-order valence-electron chi connectivity index (χ2n) is 8.47. The minimum atomic E-state index is -0.274. The number of hydrogen-bond acceptors (Lipinski definition) is 5. The number of aromatic nitrogens is 2. The second-order valence-corrected chi connectivity index (χ2v) is 9.53. The quantitative estimate of drug-likeness (QED) is 0.890. The van der Waals surface area contributed by atoms with Crippen LogP contribution in [0.2, 0.25) is 0 Å². The maximum atomic E-state index is 12.5. The Morgan fingerprint density at radius 3 is 2.64 bits per heavy atom. The summed E-state index contributed by atoms with van der Waals surface area (Å²) < 4.78 is 0. The number of nitrogens with one attached hydrogen (secondary N) is 1. The van der Waals surface area contributed by atoms with Crippen molar-refractivity contribution < 1.29 is 9.59 Å². The third-order valence-electron chi connectivity index (χ3n) is 4.92. The van der Waals surface area contributed by atoms with Crippen LogP contribution in [0.1, 0.15) is 64.3 Å². The molecule has 1 saturated heterocycles. The van der Waals surface area contributed by atoms with Crippen LogP contribution >= 0.6 is 11.3 Å². The van der Waals surface area contributed by atoms with Crippen LogP contribution in [-0.2, 0) is 16.0 Å². The molecule has 0 spiro atoms. The second kappa shape index (κ2) is 7.40. The number of rotatable bonds is 4. The zero-order chi connectivity index (χ0) is 18.0. The molecule has 1 aromatic rings. The van der Waals surface area contributed by atoms with E-state index in [0.717, 1.165) is 24.3 Å². The Hall–Kier alpha value is -1.50. The maximum Gasteiger partial charge on any atom is 0.231 e. The summed E-state index contributed by atoms with van der Waals surface area (Å²) in [6.45, 7) is 6.99. The van der Waals surface area contributed by atoms with E-state index in [1.807, 2.05) is 4.90 Å². The molecule has 2 amide bonds. The molecule has 6 nitrogen and oxygen atoms in total. The highest BCUT2D eigenvalue weighted by Crippen LogP contribution is 2.30. The predicted octanol–water partition coefficient (Wildman–Crippen LogP) is 3.25. The first-order valence-corrected chi connectivity index (χ1v) is 10.1. The molecule has 1 unspecified atom stereocenters. The van der Waals surface area contributed by atoms with Gasteiger partial charge in [-0.2, -0.15) is 0 Å². The van der Waals surface area contributed by atoms with Gasteiger partial charge < -0.3 is 10.2 Å². The summed E-state index contributed by atoms with van der Waals surface area (Å²) >= 11 is 1.42. The van der Waals surface area contributed by atoms with Gasteiger partial charge in [0.05, 0.1) is 5.92 Å². The van der Waals surface area contributed by atoms with Gasteiger partial charge in [0.1, 0.15) is 5.01 Å². The Morgan fingerprint density at radius 2 is 1.96 bits per heavy atom. The normalized spacial score (nSPS) is 22.4. The number of nitrogens with zero attached hydrogens (tertiary/aromatic N) is 3. The highest BCUT2D eigenvalue weighted by Gasteiger charge is 2.38. The van der Waals surface area contributed by atoms with E-state index in [0.29, 0.717) is 24.1 Å². The molecule has 1 saturated carbocycles. The Morgan fingerprint density at radius 1 is 1.24 bits per heavy atom. The lowest BCUT2D eigenvalue weighted by atomic mass is 9.93. The van der Waals surface area contributed by atoms with Crippen molar-refractivity contribution >= 4 is 28.3 Å². The van der Waals surface area contributed by atoms with E-state index in [4.69, 9.17) is 0 Å². The Labute approximate surface area is 153 Å². The number of likely N-dealkylation sites (tertiary alicyclic amines) is 1. The average Bonchev–Trinajstić information content (AvgIpc) is 3.13. The van der Waals surface area contributed by atoms with Crippen molar-refractivity contribution in [3.8, 4) is 0 Å². The molecule has 2 fully saturated rings. The lowest BCUT2D eigenvalue weighted by Crippen LogP contribution is -2.38. The number of anilines is 1. The number of amides is 2. The van der Waals surface area contributed by atoms with Crippen molar-refractivity contribution in [2.45, 2.75) is 71.8 Å². The van der Waals surface area contributed by atoms with Crippen molar-refractivity contribution in [2.24, 2.45) is 11.3 Å². The first kappa shape index (κ1) is 18.3. The summed E-state index contributed by atoms with van der Waals surface area (Å²) in [5, 5.41) is 12.6. The number of carbonyl (C=O) groups excluding carboxylic acids is 2. The molecular weight excluding hydrogens is 336 g/mol. The summed E-state index contributed by atoms with van der Waals surface area (Å²) in [4.78, 5) is 26.8. The minimum absolute atomic E-state index is 0.106. The van der Waals surface area contributed by atoms with Crippen molar-refractivity contribution in [1.82, 2.24) is 15.1 Å². The molecule has 0 aromatic carbocycles. The molecular formula is C18H28N4O2S. The van der Waals surface area contributed by atoms with Crippen LogP contribution in [-0.4, -0.2) is 39.5 Å². The summed E-state index contributed by atoms with van der Waals surface area (Å²) in [5.74, 6) is -0.257. The topological polar surface area (TPSA) is 75.2 Å². The molecule has 7 heteroatoms.